The molecular formula is C12H18N2Si. The van der Waals surface area contributed by atoms with Gasteiger partial charge in [-0.05, 0) is 18.1 Å². The van der Waals surface area contributed by atoms with Crippen LogP contribution in [0.1, 0.15) is 12.5 Å². The molecule has 15 heavy (non-hydrogen) atoms. The van der Waals surface area contributed by atoms with Crippen LogP contribution in [-0.4, -0.2) is 18.0 Å². The van der Waals surface area contributed by atoms with Crippen LogP contribution in [0.5, 0.6) is 0 Å². The van der Waals surface area contributed by atoms with Crippen molar-refractivity contribution in [1.29, 1.82) is 0 Å². The van der Waals surface area contributed by atoms with Crippen molar-refractivity contribution in [3.63, 3.8) is 0 Å². The third kappa shape index (κ3) is 1.72. The molecule has 0 saturated heterocycles. The van der Waals surface area contributed by atoms with E-state index in [0.717, 1.165) is 6.42 Å². The van der Waals surface area contributed by atoms with Gasteiger partial charge in [-0.2, -0.15) is 0 Å². The second-order valence-corrected chi connectivity index (χ2v) is 10.0. The van der Waals surface area contributed by atoms with Gasteiger partial charge in [0, 0.05) is 28.6 Å². The van der Waals surface area contributed by atoms with Crippen LogP contribution in [0.3, 0.4) is 0 Å². The zero-order valence-corrected chi connectivity index (χ0v) is 10.9. The Hall–Kier alpha value is -1.09. The van der Waals surface area contributed by atoms with Crippen molar-refractivity contribution in [2.45, 2.75) is 33.0 Å². The highest BCUT2D eigenvalue weighted by atomic mass is 28.3. The molecule has 0 amide bonds. The number of nitrogens with one attached hydrogen (secondary N) is 1. The van der Waals surface area contributed by atoms with Gasteiger partial charge in [0.05, 0.1) is 8.07 Å². The van der Waals surface area contributed by atoms with Gasteiger partial charge in [0.2, 0.25) is 0 Å². The molecule has 0 atom stereocenters. The van der Waals surface area contributed by atoms with Gasteiger partial charge in [-0.25, -0.2) is 0 Å². The van der Waals surface area contributed by atoms with Crippen LogP contribution in [0.4, 0.5) is 0 Å². The Labute approximate surface area is 91.7 Å². The minimum absolute atomic E-state index is 1.09. The van der Waals surface area contributed by atoms with E-state index in [4.69, 9.17) is 0 Å². The maximum Gasteiger partial charge on any atom is 0.0985 e. The molecule has 0 saturated carbocycles. The summed E-state index contributed by atoms with van der Waals surface area (Å²) in [5.41, 5.74) is 2.71. The van der Waals surface area contributed by atoms with E-state index in [0.29, 0.717) is 0 Å². The molecule has 0 bridgehead atoms. The molecule has 2 rings (SSSR count). The van der Waals surface area contributed by atoms with Crippen LogP contribution in [0.15, 0.2) is 18.5 Å². The summed E-state index contributed by atoms with van der Waals surface area (Å²) in [5.74, 6) is 0. The largest absolute Gasteiger partial charge is 0.362 e. The van der Waals surface area contributed by atoms with Crippen LogP contribution in [0.25, 0.3) is 10.9 Å². The molecule has 0 aliphatic heterocycles. The predicted molar refractivity (Wildman–Crippen MR) is 68.5 cm³/mol. The quantitative estimate of drug-likeness (QED) is 0.771. The highest BCUT2D eigenvalue weighted by molar-refractivity contribution is 6.88. The van der Waals surface area contributed by atoms with Gasteiger partial charge in [-0.3, -0.25) is 4.98 Å². The number of pyridine rings is 1. The fourth-order valence-corrected chi connectivity index (χ4v) is 3.82. The van der Waals surface area contributed by atoms with Crippen molar-refractivity contribution >= 4 is 24.3 Å². The molecule has 0 aromatic carbocycles. The summed E-state index contributed by atoms with van der Waals surface area (Å²) in [6.07, 6.45) is 4.92. The monoisotopic (exact) mass is 218 g/mol. The molecule has 0 spiro atoms. The zero-order chi connectivity index (χ0) is 11.1. The van der Waals surface area contributed by atoms with Gasteiger partial charge in [-0.15, -0.1) is 0 Å². The molecule has 80 valence electrons. The fraction of sp³-hybridized carbons (Fsp3) is 0.417. The highest BCUT2D eigenvalue weighted by Gasteiger charge is 2.23. The number of fused-ring (bicyclic) bond motifs is 1. The van der Waals surface area contributed by atoms with Gasteiger partial charge in [-0.1, -0.05) is 26.6 Å². The van der Waals surface area contributed by atoms with Crippen LogP contribution in [-0.2, 0) is 6.42 Å². The van der Waals surface area contributed by atoms with Gasteiger partial charge >= 0.3 is 0 Å². The van der Waals surface area contributed by atoms with Crippen molar-refractivity contribution in [3.8, 4) is 0 Å². The molecular weight excluding hydrogens is 200 g/mol. The number of nitrogens with zero attached hydrogens (tertiary/aromatic N) is 1. The van der Waals surface area contributed by atoms with E-state index in [2.05, 4.69) is 42.6 Å². The minimum atomic E-state index is -1.27. The normalized spacial score (nSPS) is 12.3. The summed E-state index contributed by atoms with van der Waals surface area (Å²) >= 11 is 0. The smallest absolute Gasteiger partial charge is 0.0985 e. The van der Waals surface area contributed by atoms with Gasteiger partial charge in [0.15, 0.2) is 0 Å². The molecule has 2 heterocycles. The van der Waals surface area contributed by atoms with Crippen molar-refractivity contribution < 1.29 is 0 Å². The van der Waals surface area contributed by atoms with Crippen molar-refractivity contribution in [2.24, 2.45) is 0 Å². The van der Waals surface area contributed by atoms with E-state index >= 15 is 0 Å². The van der Waals surface area contributed by atoms with E-state index in [9.17, 15) is 0 Å². The first kappa shape index (κ1) is 10.4. The fourth-order valence-electron chi connectivity index (χ4n) is 2.10. The zero-order valence-electron chi connectivity index (χ0n) is 9.89. The summed E-state index contributed by atoms with van der Waals surface area (Å²) in [5, 5.41) is 2.78. The maximum atomic E-state index is 4.21. The Morgan fingerprint density at radius 2 is 2.07 bits per heavy atom. The Balaban J connectivity index is 2.75. The van der Waals surface area contributed by atoms with Crippen LogP contribution >= 0.6 is 0 Å². The number of rotatable bonds is 2. The average molecular weight is 218 g/mol. The first-order valence-corrected chi connectivity index (χ1v) is 8.99. The van der Waals surface area contributed by atoms with E-state index in [1.807, 2.05) is 12.4 Å². The molecule has 1 N–H and O–H groups in total. The molecule has 0 fully saturated rings. The Bertz CT molecular complexity index is 480. The molecule has 0 unspecified atom stereocenters. The number of hydrogen-bond donors (Lipinski definition) is 1. The lowest BCUT2D eigenvalue weighted by molar-refractivity contribution is 1.16. The van der Waals surface area contributed by atoms with E-state index < -0.39 is 8.07 Å². The molecule has 0 aliphatic rings. The summed E-state index contributed by atoms with van der Waals surface area (Å²) in [4.78, 5) is 7.79. The van der Waals surface area contributed by atoms with Crippen LogP contribution in [0, 0.1) is 0 Å². The summed E-state index contributed by atoms with van der Waals surface area (Å²) in [6.45, 7) is 9.36. The van der Waals surface area contributed by atoms with E-state index in [-0.39, 0.29) is 0 Å². The summed E-state index contributed by atoms with van der Waals surface area (Å²) in [6, 6.07) is 2.07. The number of aromatic nitrogens is 2. The lowest BCUT2D eigenvalue weighted by atomic mass is 10.2. The number of hydrogen-bond acceptors (Lipinski definition) is 1. The maximum absolute atomic E-state index is 4.21. The SMILES string of the molecule is CCc1c([Si](C)(C)C)[nH]c2ccncc12. The Morgan fingerprint density at radius 1 is 1.33 bits per heavy atom. The van der Waals surface area contributed by atoms with E-state index in [1.165, 1.54) is 21.8 Å². The van der Waals surface area contributed by atoms with Crippen molar-refractivity contribution in [1.82, 2.24) is 9.97 Å². The van der Waals surface area contributed by atoms with Crippen LogP contribution < -0.4 is 5.32 Å². The van der Waals surface area contributed by atoms with Crippen molar-refractivity contribution in [3.05, 3.63) is 24.0 Å². The second-order valence-electron chi connectivity index (χ2n) is 5.00. The third-order valence-corrected chi connectivity index (χ3v) is 4.74. The second kappa shape index (κ2) is 3.49. The third-order valence-electron chi connectivity index (χ3n) is 2.81. The predicted octanol–water partition coefficient (Wildman–Crippen LogP) is 2.67. The summed E-state index contributed by atoms with van der Waals surface area (Å²) in [7, 11) is -1.27. The van der Waals surface area contributed by atoms with Crippen molar-refractivity contribution in [2.75, 3.05) is 0 Å². The lowest BCUT2D eigenvalue weighted by Gasteiger charge is -2.16. The molecule has 0 radical (unpaired) electrons. The topological polar surface area (TPSA) is 28.7 Å². The van der Waals surface area contributed by atoms with Gasteiger partial charge in [0.1, 0.15) is 0 Å². The van der Waals surface area contributed by atoms with Gasteiger partial charge in [0.25, 0.3) is 0 Å². The molecule has 2 aromatic rings. The molecule has 2 aromatic heterocycles. The molecule has 0 aliphatic carbocycles. The number of aromatic amines is 1. The standard InChI is InChI=1S/C12H18N2Si/c1-5-9-10-8-13-7-6-11(10)14-12(9)15(2,3)4/h6-8,14H,5H2,1-4H3. The van der Waals surface area contributed by atoms with Gasteiger partial charge < -0.3 is 4.98 Å². The molecule has 3 heteroatoms. The lowest BCUT2D eigenvalue weighted by Crippen LogP contribution is -2.40. The number of H-pyrrole nitrogens is 1. The molecule has 2 nitrogen and oxygen atoms in total. The average Bonchev–Trinajstić information content (AvgIpc) is 2.55. The highest BCUT2D eigenvalue weighted by Crippen LogP contribution is 2.18. The first-order valence-electron chi connectivity index (χ1n) is 5.49. The number of aryl methyl sites for hydroxylation is 1. The van der Waals surface area contributed by atoms with E-state index in [1.54, 1.807) is 0 Å². The van der Waals surface area contributed by atoms with Crippen LogP contribution in [0.2, 0.25) is 19.6 Å². The Morgan fingerprint density at radius 3 is 2.67 bits per heavy atom. The first-order chi connectivity index (χ1) is 7.04. The summed E-state index contributed by atoms with van der Waals surface area (Å²) < 4.78 is 0. The Kier molecular flexibility index (Phi) is 2.42. The minimum Gasteiger partial charge on any atom is -0.362 e.